The fourth-order valence-electron chi connectivity index (χ4n) is 1.16. The van der Waals surface area contributed by atoms with Crippen molar-refractivity contribution in [3.8, 4) is 0 Å². The second kappa shape index (κ2) is 2.38. The highest BCUT2D eigenvalue weighted by Crippen LogP contribution is 2.14. The van der Waals surface area contributed by atoms with E-state index in [-0.39, 0.29) is 0 Å². The normalized spacial score (nSPS) is 28.9. The van der Waals surface area contributed by atoms with Crippen LogP contribution in [0.4, 0.5) is 0 Å². The van der Waals surface area contributed by atoms with Crippen molar-refractivity contribution in [3.63, 3.8) is 0 Å². The molecule has 1 fully saturated rings. The minimum Gasteiger partial charge on any atom is -0.343 e. The summed E-state index contributed by atoms with van der Waals surface area (Å²) >= 11 is 0. The van der Waals surface area contributed by atoms with Gasteiger partial charge in [0, 0.05) is 19.5 Å². The van der Waals surface area contributed by atoms with Gasteiger partial charge in [-0.25, -0.2) is 0 Å². The molecule has 0 aromatic carbocycles. The van der Waals surface area contributed by atoms with E-state index in [9.17, 15) is 4.79 Å². The van der Waals surface area contributed by atoms with E-state index < -0.39 is 0 Å². The van der Waals surface area contributed by atoms with Gasteiger partial charge in [-0.2, -0.15) is 0 Å². The predicted octanol–water partition coefficient (Wildman–Crippen LogP) is 1.02. The summed E-state index contributed by atoms with van der Waals surface area (Å²) < 4.78 is 0. The van der Waals surface area contributed by atoms with Gasteiger partial charge in [-0.05, 0) is 19.8 Å². The van der Waals surface area contributed by atoms with Gasteiger partial charge in [-0.3, -0.25) is 4.79 Å². The molecule has 1 rings (SSSR count). The molecular weight excluding hydrogens is 114 g/mol. The van der Waals surface area contributed by atoms with Gasteiger partial charge in [-0.1, -0.05) is 0 Å². The summed E-state index contributed by atoms with van der Waals surface area (Å²) in [7, 11) is 1.88. The van der Waals surface area contributed by atoms with Crippen molar-refractivity contribution >= 4 is 5.91 Å². The molecule has 1 saturated heterocycles. The van der Waals surface area contributed by atoms with Crippen LogP contribution in [0.3, 0.4) is 0 Å². The van der Waals surface area contributed by atoms with Crippen molar-refractivity contribution in [2.75, 3.05) is 7.05 Å². The van der Waals surface area contributed by atoms with Crippen LogP contribution >= 0.6 is 0 Å². The Balaban J connectivity index is 2.51. The average molecular weight is 127 g/mol. The Hall–Kier alpha value is -0.530. The Bertz CT molecular complexity index is 122. The number of nitrogens with zero attached hydrogens (tertiary/aromatic N) is 1. The molecule has 0 radical (unpaired) electrons. The molecule has 1 heterocycles. The third-order valence-corrected chi connectivity index (χ3v) is 2.07. The topological polar surface area (TPSA) is 20.3 Å². The van der Waals surface area contributed by atoms with Crippen molar-refractivity contribution in [1.82, 2.24) is 4.90 Å². The average Bonchev–Trinajstić information content (AvgIpc) is 1.83. The maximum atomic E-state index is 10.9. The zero-order valence-electron chi connectivity index (χ0n) is 6.05. The monoisotopic (exact) mass is 127 g/mol. The number of carbonyl (C=O) groups is 1. The van der Waals surface area contributed by atoms with Gasteiger partial charge in [0.15, 0.2) is 0 Å². The van der Waals surface area contributed by atoms with E-state index in [1.807, 2.05) is 11.9 Å². The van der Waals surface area contributed by atoms with Crippen LogP contribution in [-0.4, -0.2) is 23.9 Å². The molecule has 0 saturated carbocycles. The number of hydrogen-bond donors (Lipinski definition) is 0. The van der Waals surface area contributed by atoms with Crippen LogP contribution in [0.15, 0.2) is 0 Å². The van der Waals surface area contributed by atoms with E-state index in [0.29, 0.717) is 11.9 Å². The van der Waals surface area contributed by atoms with Crippen LogP contribution in [0, 0.1) is 0 Å². The number of amides is 1. The van der Waals surface area contributed by atoms with E-state index in [4.69, 9.17) is 0 Å². The number of rotatable bonds is 0. The van der Waals surface area contributed by atoms with Crippen LogP contribution in [0.2, 0.25) is 0 Å². The summed E-state index contributed by atoms with van der Waals surface area (Å²) in [6, 6.07) is 0.464. The Labute approximate surface area is 55.8 Å². The third kappa shape index (κ3) is 1.23. The number of piperidine rings is 1. The van der Waals surface area contributed by atoms with Gasteiger partial charge < -0.3 is 4.90 Å². The van der Waals surface area contributed by atoms with E-state index >= 15 is 0 Å². The molecule has 2 heteroatoms. The van der Waals surface area contributed by atoms with Crippen LogP contribution < -0.4 is 0 Å². The molecule has 0 spiro atoms. The van der Waals surface area contributed by atoms with Gasteiger partial charge in [0.1, 0.15) is 0 Å². The zero-order valence-corrected chi connectivity index (χ0v) is 6.05. The van der Waals surface area contributed by atoms with Gasteiger partial charge >= 0.3 is 0 Å². The van der Waals surface area contributed by atoms with E-state index in [1.54, 1.807) is 0 Å². The standard InChI is InChI=1S/C7H13NO/c1-6-4-3-5-7(9)8(6)2/h6H,3-5H2,1-2H3. The molecule has 52 valence electrons. The van der Waals surface area contributed by atoms with E-state index in [2.05, 4.69) is 6.92 Å². The molecule has 1 aliphatic heterocycles. The maximum Gasteiger partial charge on any atom is 0.222 e. The second-order valence-electron chi connectivity index (χ2n) is 2.75. The number of likely N-dealkylation sites (tertiary alicyclic amines) is 1. The fraction of sp³-hybridized carbons (Fsp3) is 0.857. The summed E-state index contributed by atoms with van der Waals surface area (Å²) in [4.78, 5) is 12.8. The van der Waals surface area contributed by atoms with E-state index in [0.717, 1.165) is 12.8 Å². The highest BCUT2D eigenvalue weighted by Gasteiger charge is 2.19. The van der Waals surface area contributed by atoms with Gasteiger partial charge in [0.2, 0.25) is 5.91 Å². The highest BCUT2D eigenvalue weighted by atomic mass is 16.2. The summed E-state index contributed by atoms with van der Waals surface area (Å²) in [6.07, 6.45) is 2.99. The van der Waals surface area contributed by atoms with Gasteiger partial charge in [0.25, 0.3) is 0 Å². The first-order valence-corrected chi connectivity index (χ1v) is 3.47. The largest absolute Gasteiger partial charge is 0.343 e. The molecule has 1 aliphatic rings. The molecule has 1 amide bonds. The molecule has 0 aromatic heterocycles. The lowest BCUT2D eigenvalue weighted by Crippen LogP contribution is -2.38. The summed E-state index contributed by atoms with van der Waals surface area (Å²) in [5, 5.41) is 0. The summed E-state index contributed by atoms with van der Waals surface area (Å²) in [5.74, 6) is 0.300. The second-order valence-corrected chi connectivity index (χ2v) is 2.75. The molecular formula is C7H13NO. The fourth-order valence-corrected chi connectivity index (χ4v) is 1.16. The minimum absolute atomic E-state index is 0.300. The van der Waals surface area contributed by atoms with Crippen molar-refractivity contribution in [1.29, 1.82) is 0 Å². The maximum absolute atomic E-state index is 10.9. The quantitative estimate of drug-likeness (QED) is 0.475. The van der Waals surface area contributed by atoms with Crippen molar-refractivity contribution in [2.45, 2.75) is 32.2 Å². The number of hydrogen-bond acceptors (Lipinski definition) is 1. The Morgan fingerprint density at radius 2 is 2.33 bits per heavy atom. The van der Waals surface area contributed by atoms with Crippen molar-refractivity contribution in [2.24, 2.45) is 0 Å². The molecule has 0 N–H and O–H groups in total. The van der Waals surface area contributed by atoms with Gasteiger partial charge in [-0.15, -0.1) is 0 Å². The minimum atomic E-state index is 0.300. The molecule has 1 atom stereocenters. The molecule has 2 nitrogen and oxygen atoms in total. The highest BCUT2D eigenvalue weighted by molar-refractivity contribution is 5.76. The molecule has 0 aromatic rings. The summed E-state index contributed by atoms with van der Waals surface area (Å²) in [5.41, 5.74) is 0. The molecule has 1 unspecified atom stereocenters. The first-order chi connectivity index (χ1) is 4.22. The Morgan fingerprint density at radius 1 is 1.67 bits per heavy atom. The van der Waals surface area contributed by atoms with Crippen LogP contribution in [0.1, 0.15) is 26.2 Å². The Morgan fingerprint density at radius 3 is 2.78 bits per heavy atom. The van der Waals surface area contributed by atoms with Crippen LogP contribution in [0.5, 0.6) is 0 Å². The van der Waals surface area contributed by atoms with Crippen molar-refractivity contribution in [3.05, 3.63) is 0 Å². The molecule has 9 heavy (non-hydrogen) atoms. The lowest BCUT2D eigenvalue weighted by atomic mass is 10.0. The third-order valence-electron chi connectivity index (χ3n) is 2.07. The lowest BCUT2D eigenvalue weighted by molar-refractivity contribution is -0.134. The molecule has 0 bridgehead atoms. The van der Waals surface area contributed by atoms with E-state index in [1.165, 1.54) is 6.42 Å². The van der Waals surface area contributed by atoms with Gasteiger partial charge in [0.05, 0.1) is 0 Å². The SMILES string of the molecule is CC1CCCC(=O)N1C. The first-order valence-electron chi connectivity index (χ1n) is 3.47. The predicted molar refractivity (Wildman–Crippen MR) is 36.1 cm³/mol. The summed E-state index contributed by atoms with van der Waals surface area (Å²) in [6.45, 7) is 2.09. The number of carbonyl (C=O) groups excluding carboxylic acids is 1. The molecule has 0 aliphatic carbocycles. The van der Waals surface area contributed by atoms with Crippen molar-refractivity contribution < 1.29 is 4.79 Å². The zero-order chi connectivity index (χ0) is 6.85. The first kappa shape index (κ1) is 6.59. The lowest BCUT2D eigenvalue weighted by Gasteiger charge is -2.29. The smallest absolute Gasteiger partial charge is 0.222 e. The van der Waals surface area contributed by atoms with Crippen LogP contribution in [-0.2, 0) is 4.79 Å². The van der Waals surface area contributed by atoms with Crippen LogP contribution in [0.25, 0.3) is 0 Å². The Kier molecular flexibility index (Phi) is 1.74.